The second-order valence-electron chi connectivity index (χ2n) is 16.8. The molecule has 14 nitrogen and oxygen atoms in total. The van der Waals surface area contributed by atoms with Crippen LogP contribution in [0.15, 0.2) is 73.1 Å². The number of ketones is 1. The Morgan fingerprint density at radius 3 is 2.48 bits per heavy atom. The van der Waals surface area contributed by atoms with E-state index in [4.69, 9.17) is 0 Å². The molecule has 5 heterocycles. The SMILES string of the molecule is CN(Cc1cc([C@H](O)CCN2CCC(c3ccc(-c4cnc5[nH]cc(C(=O)c6c(F)ccc(NS(=O)(=O)N7CC[C@@H](F)C7)c6F)c5c4)cc3)CC2)ccc1C=O)C1CCC(=O)NC1=O. The summed E-state index contributed by atoms with van der Waals surface area (Å²) in [5.41, 5.74) is 3.16. The number of aromatic nitrogens is 2. The van der Waals surface area contributed by atoms with E-state index in [2.05, 4.69) is 32.3 Å². The average Bonchev–Trinajstić information content (AvgIpc) is 3.93. The Morgan fingerprint density at radius 1 is 1.02 bits per heavy atom. The number of aromatic amines is 1. The van der Waals surface area contributed by atoms with Crippen molar-refractivity contribution in [1.29, 1.82) is 0 Å². The lowest BCUT2D eigenvalue weighted by Crippen LogP contribution is -2.51. The molecule has 0 aliphatic carbocycles. The van der Waals surface area contributed by atoms with Gasteiger partial charge in [0.25, 0.3) is 0 Å². The summed E-state index contributed by atoms with van der Waals surface area (Å²) in [6, 6.07) is 16.2. The number of fused-ring (bicyclic) bond motifs is 1. The average molecular weight is 900 g/mol. The number of anilines is 1. The Labute approximate surface area is 368 Å². The van der Waals surface area contributed by atoms with Crippen LogP contribution in [-0.4, -0.2) is 113 Å². The minimum atomic E-state index is -4.36. The molecule has 5 aromatic rings. The summed E-state index contributed by atoms with van der Waals surface area (Å²) < 4.78 is 73.0. The van der Waals surface area contributed by atoms with Gasteiger partial charge >= 0.3 is 10.2 Å². The molecule has 1 unspecified atom stereocenters. The Hall–Kier alpha value is -5.79. The molecule has 3 saturated heterocycles. The van der Waals surface area contributed by atoms with Gasteiger partial charge in [0.2, 0.25) is 17.6 Å². The van der Waals surface area contributed by atoms with Crippen molar-refractivity contribution in [2.45, 2.75) is 69.3 Å². The number of piperidine rings is 2. The topological polar surface area (TPSA) is 185 Å². The number of hydrogen-bond donors (Lipinski definition) is 4. The second-order valence-corrected chi connectivity index (χ2v) is 18.5. The second kappa shape index (κ2) is 18.7. The highest BCUT2D eigenvalue weighted by Gasteiger charge is 2.34. The zero-order valence-corrected chi connectivity index (χ0v) is 35.8. The van der Waals surface area contributed by atoms with E-state index in [1.54, 1.807) is 31.4 Å². The predicted molar refractivity (Wildman–Crippen MR) is 232 cm³/mol. The van der Waals surface area contributed by atoms with Crippen molar-refractivity contribution in [2.24, 2.45) is 0 Å². The largest absolute Gasteiger partial charge is 0.388 e. The Balaban J connectivity index is 0.876. The predicted octanol–water partition coefficient (Wildman–Crippen LogP) is 5.79. The molecule has 2 amide bonds. The lowest BCUT2D eigenvalue weighted by molar-refractivity contribution is -0.137. The number of amides is 2. The third-order valence-corrected chi connectivity index (χ3v) is 14.1. The van der Waals surface area contributed by atoms with Gasteiger partial charge in [-0.25, -0.2) is 18.2 Å². The fourth-order valence-corrected chi connectivity index (χ4v) is 10.2. The van der Waals surface area contributed by atoms with Crippen LogP contribution < -0.4 is 10.0 Å². The minimum absolute atomic E-state index is 0.00443. The molecule has 64 heavy (non-hydrogen) atoms. The first kappa shape index (κ1) is 44.8. The van der Waals surface area contributed by atoms with Crippen LogP contribution in [-0.2, 0) is 26.3 Å². The number of carbonyl (C=O) groups is 4. The zero-order chi connectivity index (χ0) is 45.3. The van der Waals surface area contributed by atoms with E-state index in [-0.39, 0.29) is 36.8 Å². The first-order chi connectivity index (χ1) is 30.7. The van der Waals surface area contributed by atoms with E-state index < -0.39 is 63.7 Å². The van der Waals surface area contributed by atoms with E-state index in [9.17, 15) is 37.1 Å². The normalized spacial score (nSPS) is 19.6. The fraction of sp³-hybridized carbons (Fsp3) is 0.370. The van der Waals surface area contributed by atoms with E-state index in [0.717, 1.165) is 59.8 Å². The Kier molecular flexibility index (Phi) is 13.1. The first-order valence-corrected chi connectivity index (χ1v) is 22.7. The first-order valence-electron chi connectivity index (χ1n) is 21.2. The molecular formula is C46H48F3N7O7S. The standard InChI is InChI=1S/C46H48F3N7O7S/c1-54(39-10-11-41(59)52-46(39)61)24-33-20-30(6-7-31(33)26-57)40(58)15-18-55-16-12-29(13-17-55)27-2-4-28(5-3-27)32-21-35-36(23-51-45(35)50-22-32)44(60)42-37(48)8-9-38(43(42)49)53-64(62,63)56-19-14-34(47)25-56/h2-9,20-23,26,29,34,39-40,53,58H,10-19,24-25H2,1H3,(H,50,51)(H,52,59,61)/t34-,39?,40-/m1/s1. The number of likely N-dealkylation sites (N-methyl/N-ethyl adjacent to an activating group) is 1. The molecule has 4 N–H and O–H groups in total. The minimum Gasteiger partial charge on any atom is -0.388 e. The Morgan fingerprint density at radius 2 is 1.78 bits per heavy atom. The van der Waals surface area contributed by atoms with Crippen LogP contribution >= 0.6 is 0 Å². The van der Waals surface area contributed by atoms with Crippen molar-refractivity contribution in [2.75, 3.05) is 44.5 Å². The summed E-state index contributed by atoms with van der Waals surface area (Å²) in [4.78, 5) is 61.0. The molecule has 0 spiro atoms. The Bertz CT molecular complexity index is 2710. The number of imide groups is 1. The number of aliphatic hydroxyl groups excluding tert-OH is 1. The zero-order valence-electron chi connectivity index (χ0n) is 35.0. The van der Waals surface area contributed by atoms with Crippen molar-refractivity contribution < 1.29 is 45.9 Å². The van der Waals surface area contributed by atoms with Crippen molar-refractivity contribution in [1.82, 2.24) is 29.4 Å². The van der Waals surface area contributed by atoms with Gasteiger partial charge < -0.3 is 15.0 Å². The number of carbonyl (C=O) groups excluding carboxylic acids is 4. The van der Waals surface area contributed by atoms with E-state index in [1.807, 2.05) is 27.8 Å². The summed E-state index contributed by atoms with van der Waals surface area (Å²) in [6.07, 6.45) is 4.54. The maximum atomic E-state index is 15.7. The number of pyridine rings is 1. The molecule has 3 atom stereocenters. The maximum absolute atomic E-state index is 15.7. The number of rotatable bonds is 15. The number of nitrogens with zero attached hydrogens (tertiary/aromatic N) is 4. The molecule has 336 valence electrons. The number of aldehydes is 1. The number of aliphatic hydroxyl groups is 1. The van der Waals surface area contributed by atoms with E-state index >= 15 is 8.78 Å². The van der Waals surface area contributed by atoms with Gasteiger partial charge in [-0.15, -0.1) is 0 Å². The highest BCUT2D eigenvalue weighted by molar-refractivity contribution is 7.90. The maximum Gasteiger partial charge on any atom is 0.301 e. The third kappa shape index (κ3) is 9.51. The van der Waals surface area contributed by atoms with Crippen LogP contribution in [0.4, 0.5) is 18.9 Å². The van der Waals surface area contributed by atoms with Crippen LogP contribution in [0.5, 0.6) is 0 Å². The molecule has 3 fully saturated rings. The van der Waals surface area contributed by atoms with Gasteiger partial charge in [-0.3, -0.25) is 34.1 Å². The number of H-pyrrole nitrogens is 1. The van der Waals surface area contributed by atoms with Gasteiger partial charge in [-0.2, -0.15) is 12.7 Å². The van der Waals surface area contributed by atoms with Crippen molar-refractivity contribution in [3.05, 3.63) is 118 Å². The van der Waals surface area contributed by atoms with Crippen LogP contribution in [0.3, 0.4) is 0 Å². The van der Waals surface area contributed by atoms with Gasteiger partial charge in [0.05, 0.1) is 23.4 Å². The fourth-order valence-electron chi connectivity index (χ4n) is 8.91. The number of nitrogens with one attached hydrogen (secondary N) is 3. The van der Waals surface area contributed by atoms with Crippen LogP contribution in [0.1, 0.15) is 93.5 Å². The molecular weight excluding hydrogens is 852 g/mol. The lowest BCUT2D eigenvalue weighted by atomic mass is 9.88. The van der Waals surface area contributed by atoms with Gasteiger partial charge in [-0.1, -0.05) is 42.5 Å². The highest BCUT2D eigenvalue weighted by Crippen LogP contribution is 2.33. The van der Waals surface area contributed by atoms with E-state index in [0.29, 0.717) is 65.1 Å². The molecule has 3 aliphatic rings. The molecule has 0 saturated carbocycles. The molecule has 0 radical (unpaired) electrons. The summed E-state index contributed by atoms with van der Waals surface area (Å²) >= 11 is 0. The molecule has 3 aromatic carbocycles. The van der Waals surface area contributed by atoms with Gasteiger partial charge in [-0.05, 0) is 98.6 Å². The van der Waals surface area contributed by atoms with Gasteiger partial charge in [0.15, 0.2) is 5.82 Å². The van der Waals surface area contributed by atoms with Crippen molar-refractivity contribution in [3.63, 3.8) is 0 Å². The summed E-state index contributed by atoms with van der Waals surface area (Å²) in [5, 5.41) is 13.9. The van der Waals surface area contributed by atoms with Crippen LogP contribution in [0, 0.1) is 11.6 Å². The summed E-state index contributed by atoms with van der Waals surface area (Å²) in [5.74, 6) is -3.93. The molecule has 0 bridgehead atoms. The molecule has 8 rings (SSSR count). The third-order valence-electron chi connectivity index (χ3n) is 12.6. The van der Waals surface area contributed by atoms with Crippen LogP contribution in [0.25, 0.3) is 22.2 Å². The highest BCUT2D eigenvalue weighted by atomic mass is 32.2. The number of halogens is 3. The number of alkyl halides is 1. The summed E-state index contributed by atoms with van der Waals surface area (Å²) in [6.45, 7) is 2.16. The number of hydrogen-bond acceptors (Lipinski definition) is 10. The number of benzene rings is 3. The monoisotopic (exact) mass is 899 g/mol. The van der Waals surface area contributed by atoms with Crippen LogP contribution in [0.2, 0.25) is 0 Å². The molecule has 18 heteroatoms. The van der Waals surface area contributed by atoms with Gasteiger partial charge in [0.1, 0.15) is 23.9 Å². The smallest absolute Gasteiger partial charge is 0.301 e. The van der Waals surface area contributed by atoms with Crippen molar-refractivity contribution in [3.8, 4) is 11.1 Å². The molecule has 2 aromatic heterocycles. The lowest BCUT2D eigenvalue weighted by Gasteiger charge is -2.33. The van der Waals surface area contributed by atoms with E-state index in [1.165, 1.54) is 6.20 Å². The number of likely N-dealkylation sites (tertiary alicyclic amines) is 1. The molecule has 3 aliphatic heterocycles. The quantitative estimate of drug-likeness (QED) is 0.0570. The van der Waals surface area contributed by atoms with Crippen molar-refractivity contribution >= 4 is 50.8 Å². The summed E-state index contributed by atoms with van der Waals surface area (Å²) in [7, 11) is -2.59. The van der Waals surface area contributed by atoms with Gasteiger partial charge in [0, 0.05) is 67.1 Å².